The van der Waals surface area contributed by atoms with Crippen molar-refractivity contribution in [3.8, 4) is 0 Å². The summed E-state index contributed by atoms with van der Waals surface area (Å²) in [7, 11) is 0. The molecule has 1 atom stereocenters. The minimum atomic E-state index is -4.22. The van der Waals surface area contributed by atoms with Crippen LogP contribution in [0.3, 0.4) is 0 Å². The number of hydrogen-bond acceptors (Lipinski definition) is 2. The summed E-state index contributed by atoms with van der Waals surface area (Å²) in [5.74, 6) is 4.73. The molecule has 68 valence electrons. The predicted octanol–water partition coefficient (Wildman–Crippen LogP) is 1.57. The second-order valence-corrected chi connectivity index (χ2v) is 2.40. The lowest BCUT2D eigenvalue weighted by Crippen LogP contribution is -2.45. The highest BCUT2D eigenvalue weighted by Gasteiger charge is 2.37. The van der Waals surface area contributed by atoms with Crippen molar-refractivity contribution in [2.45, 2.75) is 38.4 Å². The zero-order valence-electron chi connectivity index (χ0n) is 6.41. The van der Waals surface area contributed by atoms with Crippen molar-refractivity contribution in [2.24, 2.45) is 5.84 Å². The van der Waals surface area contributed by atoms with Gasteiger partial charge in [-0.2, -0.15) is 13.2 Å². The van der Waals surface area contributed by atoms with Gasteiger partial charge < -0.3 is 0 Å². The van der Waals surface area contributed by atoms with Crippen molar-refractivity contribution >= 4 is 0 Å². The van der Waals surface area contributed by atoms with Gasteiger partial charge in [-0.15, -0.1) is 0 Å². The number of unbranched alkanes of at least 4 members (excludes halogenated alkanes) is 1. The number of hydrazine groups is 1. The van der Waals surface area contributed by atoms with Crippen molar-refractivity contribution in [3.63, 3.8) is 0 Å². The first-order chi connectivity index (χ1) is 5.02. The van der Waals surface area contributed by atoms with E-state index in [1.807, 2.05) is 6.92 Å². The van der Waals surface area contributed by atoms with Crippen LogP contribution in [0.25, 0.3) is 0 Å². The van der Waals surface area contributed by atoms with Gasteiger partial charge in [-0.1, -0.05) is 19.8 Å². The zero-order chi connectivity index (χ0) is 8.91. The van der Waals surface area contributed by atoms with Gasteiger partial charge >= 0.3 is 6.18 Å². The first-order valence-electron chi connectivity index (χ1n) is 3.55. The fourth-order valence-electron chi connectivity index (χ4n) is 0.750. The molecule has 0 aliphatic carbocycles. The van der Waals surface area contributed by atoms with E-state index in [0.29, 0.717) is 6.42 Å². The average molecular weight is 170 g/mol. The molecule has 2 nitrogen and oxygen atoms in total. The van der Waals surface area contributed by atoms with Crippen molar-refractivity contribution in [3.05, 3.63) is 0 Å². The summed E-state index contributed by atoms with van der Waals surface area (Å²) >= 11 is 0. The van der Waals surface area contributed by atoms with Crippen LogP contribution in [0.15, 0.2) is 0 Å². The Morgan fingerprint density at radius 3 is 2.27 bits per heavy atom. The number of rotatable bonds is 4. The molecule has 0 aromatic carbocycles. The molecule has 0 heterocycles. The molecular formula is C6H13F3N2. The molecule has 11 heavy (non-hydrogen) atoms. The van der Waals surface area contributed by atoms with Gasteiger partial charge in [0.25, 0.3) is 0 Å². The van der Waals surface area contributed by atoms with E-state index < -0.39 is 12.2 Å². The molecule has 0 saturated heterocycles. The van der Waals surface area contributed by atoms with Crippen molar-refractivity contribution < 1.29 is 13.2 Å². The topological polar surface area (TPSA) is 38.0 Å². The van der Waals surface area contributed by atoms with Gasteiger partial charge in [0.05, 0.1) is 0 Å². The molecule has 1 unspecified atom stereocenters. The molecular weight excluding hydrogens is 157 g/mol. The van der Waals surface area contributed by atoms with E-state index in [-0.39, 0.29) is 6.42 Å². The number of hydrogen-bond donors (Lipinski definition) is 2. The molecule has 0 fully saturated rings. The third-order valence-corrected chi connectivity index (χ3v) is 1.44. The Morgan fingerprint density at radius 2 is 2.00 bits per heavy atom. The maximum Gasteiger partial charge on any atom is 0.405 e. The molecule has 0 spiro atoms. The highest BCUT2D eigenvalue weighted by molar-refractivity contribution is 4.71. The summed E-state index contributed by atoms with van der Waals surface area (Å²) in [6.07, 6.45) is -2.89. The normalized spacial score (nSPS) is 15.0. The number of nitrogens with one attached hydrogen (secondary N) is 1. The standard InChI is InChI=1S/C6H13F3N2/c1-2-3-4-5(11-10)6(7,8)9/h5,11H,2-4,10H2,1H3. The van der Waals surface area contributed by atoms with Crippen LogP contribution in [0.5, 0.6) is 0 Å². The second kappa shape index (κ2) is 4.56. The Balaban J connectivity index is 3.76. The molecule has 0 amide bonds. The van der Waals surface area contributed by atoms with Crippen molar-refractivity contribution in [2.75, 3.05) is 0 Å². The summed E-state index contributed by atoms with van der Waals surface area (Å²) in [6.45, 7) is 1.84. The smallest absolute Gasteiger partial charge is 0.271 e. The van der Waals surface area contributed by atoms with E-state index in [2.05, 4.69) is 0 Å². The third kappa shape index (κ3) is 4.21. The first-order valence-corrected chi connectivity index (χ1v) is 3.55. The van der Waals surface area contributed by atoms with Crippen LogP contribution < -0.4 is 11.3 Å². The molecule has 0 aliphatic heterocycles. The molecule has 0 radical (unpaired) electrons. The number of nitrogens with two attached hydrogens (primary N) is 1. The average Bonchev–Trinajstić information content (AvgIpc) is 1.87. The molecule has 0 aliphatic rings. The molecule has 3 N–H and O–H groups in total. The third-order valence-electron chi connectivity index (χ3n) is 1.44. The Kier molecular flexibility index (Phi) is 4.44. The van der Waals surface area contributed by atoms with Gasteiger partial charge in [0.15, 0.2) is 0 Å². The molecule has 0 bridgehead atoms. The summed E-state index contributed by atoms with van der Waals surface area (Å²) in [5.41, 5.74) is 1.75. The lowest BCUT2D eigenvalue weighted by atomic mass is 10.1. The Bertz CT molecular complexity index is 102. The van der Waals surface area contributed by atoms with E-state index in [1.165, 1.54) is 0 Å². The van der Waals surface area contributed by atoms with Gasteiger partial charge in [-0.3, -0.25) is 5.84 Å². The van der Waals surface area contributed by atoms with E-state index in [1.54, 1.807) is 5.43 Å². The SMILES string of the molecule is CCCCC(NN)C(F)(F)F. The largest absolute Gasteiger partial charge is 0.405 e. The fourth-order valence-corrected chi connectivity index (χ4v) is 0.750. The van der Waals surface area contributed by atoms with E-state index in [0.717, 1.165) is 6.42 Å². The Labute approximate surface area is 63.9 Å². The van der Waals surface area contributed by atoms with Gasteiger partial charge in [-0.05, 0) is 6.42 Å². The number of halogens is 3. The van der Waals surface area contributed by atoms with E-state index in [4.69, 9.17) is 5.84 Å². The summed E-state index contributed by atoms with van der Waals surface area (Å²) in [5, 5.41) is 0. The highest BCUT2D eigenvalue weighted by atomic mass is 19.4. The van der Waals surface area contributed by atoms with Crippen LogP contribution in [0.4, 0.5) is 13.2 Å². The molecule has 0 rings (SSSR count). The molecule has 5 heteroatoms. The fraction of sp³-hybridized carbons (Fsp3) is 1.00. The second-order valence-electron chi connectivity index (χ2n) is 2.40. The van der Waals surface area contributed by atoms with Gasteiger partial charge in [0, 0.05) is 0 Å². The minimum absolute atomic E-state index is 0.0521. The Morgan fingerprint density at radius 1 is 1.45 bits per heavy atom. The van der Waals surface area contributed by atoms with Crippen molar-refractivity contribution in [1.29, 1.82) is 0 Å². The van der Waals surface area contributed by atoms with Crippen LogP contribution >= 0.6 is 0 Å². The summed E-state index contributed by atoms with van der Waals surface area (Å²) in [6, 6.07) is -1.55. The zero-order valence-corrected chi connectivity index (χ0v) is 6.41. The predicted molar refractivity (Wildman–Crippen MR) is 36.7 cm³/mol. The minimum Gasteiger partial charge on any atom is -0.271 e. The van der Waals surface area contributed by atoms with Crippen LogP contribution in [-0.2, 0) is 0 Å². The van der Waals surface area contributed by atoms with Crippen LogP contribution in [0, 0.1) is 0 Å². The van der Waals surface area contributed by atoms with Gasteiger partial charge in [0.2, 0.25) is 0 Å². The summed E-state index contributed by atoms with van der Waals surface area (Å²) in [4.78, 5) is 0. The maximum absolute atomic E-state index is 11.9. The monoisotopic (exact) mass is 170 g/mol. The van der Waals surface area contributed by atoms with E-state index in [9.17, 15) is 13.2 Å². The lowest BCUT2D eigenvalue weighted by molar-refractivity contribution is -0.157. The van der Waals surface area contributed by atoms with Crippen LogP contribution in [0.2, 0.25) is 0 Å². The first kappa shape index (κ1) is 10.7. The quantitative estimate of drug-likeness (QED) is 0.496. The van der Waals surface area contributed by atoms with Gasteiger partial charge in [-0.25, -0.2) is 5.43 Å². The Hall–Kier alpha value is -0.290. The van der Waals surface area contributed by atoms with E-state index >= 15 is 0 Å². The molecule has 0 aromatic rings. The highest BCUT2D eigenvalue weighted by Crippen LogP contribution is 2.22. The maximum atomic E-state index is 11.9. The van der Waals surface area contributed by atoms with Gasteiger partial charge in [0.1, 0.15) is 6.04 Å². The van der Waals surface area contributed by atoms with Crippen LogP contribution in [-0.4, -0.2) is 12.2 Å². The molecule has 0 saturated carbocycles. The summed E-state index contributed by atoms with van der Waals surface area (Å²) < 4.78 is 35.7. The van der Waals surface area contributed by atoms with Crippen LogP contribution in [0.1, 0.15) is 26.2 Å². The lowest BCUT2D eigenvalue weighted by Gasteiger charge is -2.18. The molecule has 0 aromatic heterocycles. The van der Waals surface area contributed by atoms with Crippen molar-refractivity contribution in [1.82, 2.24) is 5.43 Å². The number of alkyl halides is 3.